The number of aryl methyl sites for hydroxylation is 1. The average molecular weight is 275 g/mol. The van der Waals surface area contributed by atoms with Crippen LogP contribution >= 0.6 is 0 Å². The van der Waals surface area contributed by atoms with E-state index < -0.39 is 0 Å². The van der Waals surface area contributed by atoms with Crippen molar-refractivity contribution in [2.24, 2.45) is 5.73 Å². The van der Waals surface area contributed by atoms with Gasteiger partial charge in [0.05, 0.1) is 20.3 Å². The van der Waals surface area contributed by atoms with E-state index in [-0.39, 0.29) is 11.9 Å². The summed E-state index contributed by atoms with van der Waals surface area (Å²) in [5.74, 6) is 1.12. The Morgan fingerprint density at radius 3 is 2.40 bits per heavy atom. The maximum absolute atomic E-state index is 13.3. The van der Waals surface area contributed by atoms with Crippen LogP contribution in [0.3, 0.4) is 0 Å². The Kier molecular flexibility index (Phi) is 4.25. The predicted octanol–water partition coefficient (Wildman–Crippen LogP) is 3.20. The molecule has 20 heavy (non-hydrogen) atoms. The fraction of sp³-hybridized carbons (Fsp3) is 0.250. The van der Waals surface area contributed by atoms with Crippen LogP contribution in [0, 0.1) is 12.7 Å². The van der Waals surface area contributed by atoms with Gasteiger partial charge in [-0.3, -0.25) is 0 Å². The molecule has 0 aliphatic carbocycles. The molecular weight excluding hydrogens is 257 g/mol. The summed E-state index contributed by atoms with van der Waals surface area (Å²) in [6, 6.07) is 9.97. The molecule has 1 atom stereocenters. The molecule has 106 valence electrons. The van der Waals surface area contributed by atoms with Gasteiger partial charge in [0.15, 0.2) is 0 Å². The Balaban J connectivity index is 2.41. The van der Waals surface area contributed by atoms with E-state index in [1.54, 1.807) is 39.3 Å². The molecule has 0 saturated carbocycles. The first-order valence-corrected chi connectivity index (χ1v) is 6.30. The van der Waals surface area contributed by atoms with Gasteiger partial charge in [0.1, 0.15) is 17.3 Å². The molecule has 0 aliphatic heterocycles. The van der Waals surface area contributed by atoms with Crippen LogP contribution in [0.15, 0.2) is 36.4 Å². The lowest BCUT2D eigenvalue weighted by Gasteiger charge is -2.17. The lowest BCUT2D eigenvalue weighted by atomic mass is 9.97. The van der Waals surface area contributed by atoms with Crippen LogP contribution in [0.4, 0.5) is 4.39 Å². The fourth-order valence-corrected chi connectivity index (χ4v) is 2.12. The number of nitrogens with two attached hydrogens (primary N) is 1. The van der Waals surface area contributed by atoms with E-state index in [0.717, 1.165) is 11.1 Å². The SMILES string of the molecule is COc1ccc(C(N)c2ccc(F)c(C)c2)c(OC)c1. The summed E-state index contributed by atoms with van der Waals surface area (Å²) >= 11 is 0. The van der Waals surface area contributed by atoms with Crippen LogP contribution in [0.1, 0.15) is 22.7 Å². The van der Waals surface area contributed by atoms with E-state index in [4.69, 9.17) is 15.2 Å². The van der Waals surface area contributed by atoms with Crippen molar-refractivity contribution in [3.05, 3.63) is 58.9 Å². The van der Waals surface area contributed by atoms with Gasteiger partial charge in [-0.15, -0.1) is 0 Å². The molecular formula is C16H18FNO2. The summed E-state index contributed by atoms with van der Waals surface area (Å²) in [6.07, 6.45) is 0. The monoisotopic (exact) mass is 275 g/mol. The van der Waals surface area contributed by atoms with Crippen molar-refractivity contribution in [3.63, 3.8) is 0 Å². The minimum Gasteiger partial charge on any atom is -0.497 e. The maximum atomic E-state index is 13.3. The maximum Gasteiger partial charge on any atom is 0.127 e. The van der Waals surface area contributed by atoms with Crippen molar-refractivity contribution in [2.45, 2.75) is 13.0 Å². The van der Waals surface area contributed by atoms with Crippen LogP contribution in [0.25, 0.3) is 0 Å². The largest absolute Gasteiger partial charge is 0.497 e. The molecule has 0 aliphatic rings. The van der Waals surface area contributed by atoms with Crippen LogP contribution in [-0.2, 0) is 0 Å². The molecule has 4 heteroatoms. The van der Waals surface area contributed by atoms with E-state index in [1.807, 2.05) is 12.1 Å². The Labute approximate surface area is 118 Å². The van der Waals surface area contributed by atoms with E-state index in [1.165, 1.54) is 6.07 Å². The third kappa shape index (κ3) is 2.75. The molecule has 1 unspecified atom stereocenters. The first-order valence-electron chi connectivity index (χ1n) is 6.30. The normalized spacial score (nSPS) is 12.1. The summed E-state index contributed by atoms with van der Waals surface area (Å²) in [4.78, 5) is 0. The third-order valence-corrected chi connectivity index (χ3v) is 3.32. The van der Waals surface area contributed by atoms with Crippen molar-refractivity contribution < 1.29 is 13.9 Å². The summed E-state index contributed by atoms with van der Waals surface area (Å²) in [5.41, 5.74) is 8.51. The molecule has 2 aromatic rings. The second-order valence-electron chi connectivity index (χ2n) is 4.59. The quantitative estimate of drug-likeness (QED) is 0.932. The van der Waals surface area contributed by atoms with Gasteiger partial charge in [-0.1, -0.05) is 12.1 Å². The summed E-state index contributed by atoms with van der Waals surface area (Å²) < 4.78 is 23.8. The number of ether oxygens (including phenoxy) is 2. The van der Waals surface area contributed by atoms with E-state index in [0.29, 0.717) is 17.1 Å². The second-order valence-corrected chi connectivity index (χ2v) is 4.59. The van der Waals surface area contributed by atoms with Crippen LogP contribution in [0.2, 0.25) is 0 Å². The van der Waals surface area contributed by atoms with Crippen molar-refractivity contribution in [1.29, 1.82) is 0 Å². The third-order valence-electron chi connectivity index (χ3n) is 3.32. The van der Waals surface area contributed by atoms with Crippen molar-refractivity contribution in [3.8, 4) is 11.5 Å². The zero-order chi connectivity index (χ0) is 14.7. The van der Waals surface area contributed by atoms with Crippen molar-refractivity contribution >= 4 is 0 Å². The molecule has 2 aromatic carbocycles. The number of hydrogen-bond donors (Lipinski definition) is 1. The molecule has 0 radical (unpaired) electrons. The molecule has 0 heterocycles. The Hall–Kier alpha value is -2.07. The minimum absolute atomic E-state index is 0.234. The highest BCUT2D eigenvalue weighted by molar-refractivity contribution is 5.46. The minimum atomic E-state index is -0.379. The van der Waals surface area contributed by atoms with Crippen molar-refractivity contribution in [1.82, 2.24) is 0 Å². The molecule has 0 bridgehead atoms. The standard InChI is InChI=1S/C16H18FNO2/c1-10-8-11(4-7-14(10)17)16(18)13-6-5-12(19-2)9-15(13)20-3/h4-9,16H,18H2,1-3H3. The van der Waals surface area contributed by atoms with Gasteiger partial charge < -0.3 is 15.2 Å². The molecule has 0 fully saturated rings. The number of methoxy groups -OCH3 is 2. The van der Waals surface area contributed by atoms with Gasteiger partial charge in [-0.05, 0) is 36.2 Å². The smallest absolute Gasteiger partial charge is 0.127 e. The molecule has 0 aromatic heterocycles. The van der Waals surface area contributed by atoms with Gasteiger partial charge in [0, 0.05) is 11.6 Å². The molecule has 2 N–H and O–H groups in total. The Morgan fingerprint density at radius 1 is 1.05 bits per heavy atom. The number of halogens is 1. The second kappa shape index (κ2) is 5.92. The van der Waals surface area contributed by atoms with Gasteiger partial charge >= 0.3 is 0 Å². The number of benzene rings is 2. The zero-order valence-corrected chi connectivity index (χ0v) is 11.8. The topological polar surface area (TPSA) is 44.5 Å². The highest BCUT2D eigenvalue weighted by Gasteiger charge is 2.15. The van der Waals surface area contributed by atoms with E-state index >= 15 is 0 Å². The molecule has 3 nitrogen and oxygen atoms in total. The summed E-state index contributed by atoms with van der Waals surface area (Å²) in [5, 5.41) is 0. The number of rotatable bonds is 4. The fourth-order valence-electron chi connectivity index (χ4n) is 2.12. The van der Waals surface area contributed by atoms with Gasteiger partial charge in [-0.25, -0.2) is 4.39 Å². The lowest BCUT2D eigenvalue weighted by Crippen LogP contribution is -2.13. The van der Waals surface area contributed by atoms with Crippen LogP contribution < -0.4 is 15.2 Å². The Bertz CT molecular complexity index is 613. The molecule has 2 rings (SSSR count). The zero-order valence-electron chi connectivity index (χ0n) is 11.8. The molecule has 0 spiro atoms. The van der Waals surface area contributed by atoms with Gasteiger partial charge in [0.25, 0.3) is 0 Å². The summed E-state index contributed by atoms with van der Waals surface area (Å²) in [6.45, 7) is 1.72. The highest BCUT2D eigenvalue weighted by atomic mass is 19.1. The number of hydrogen-bond acceptors (Lipinski definition) is 3. The van der Waals surface area contributed by atoms with Gasteiger partial charge in [-0.2, -0.15) is 0 Å². The van der Waals surface area contributed by atoms with Crippen LogP contribution in [-0.4, -0.2) is 14.2 Å². The average Bonchev–Trinajstić information content (AvgIpc) is 2.48. The Morgan fingerprint density at radius 2 is 1.80 bits per heavy atom. The summed E-state index contributed by atoms with van der Waals surface area (Å²) in [7, 11) is 3.18. The van der Waals surface area contributed by atoms with Crippen LogP contribution in [0.5, 0.6) is 11.5 Å². The first-order chi connectivity index (χ1) is 9.56. The lowest BCUT2D eigenvalue weighted by molar-refractivity contribution is 0.390. The van der Waals surface area contributed by atoms with E-state index in [2.05, 4.69) is 0 Å². The van der Waals surface area contributed by atoms with Crippen molar-refractivity contribution in [2.75, 3.05) is 14.2 Å². The highest BCUT2D eigenvalue weighted by Crippen LogP contribution is 2.32. The predicted molar refractivity (Wildman–Crippen MR) is 76.7 cm³/mol. The molecule has 0 amide bonds. The van der Waals surface area contributed by atoms with Gasteiger partial charge in [0.2, 0.25) is 0 Å². The first kappa shape index (κ1) is 14.3. The molecule has 0 saturated heterocycles. The van der Waals surface area contributed by atoms with E-state index in [9.17, 15) is 4.39 Å².